The third-order valence-electron chi connectivity index (χ3n) is 4.36. The minimum absolute atomic E-state index is 0.225. The van der Waals surface area contributed by atoms with Crippen molar-refractivity contribution < 1.29 is 14.3 Å². The van der Waals surface area contributed by atoms with Crippen molar-refractivity contribution in [2.75, 3.05) is 4.90 Å². The number of hydrogen-bond acceptors (Lipinski definition) is 5. The van der Waals surface area contributed by atoms with Crippen molar-refractivity contribution in [3.8, 4) is 23.6 Å². The van der Waals surface area contributed by atoms with Crippen molar-refractivity contribution in [1.29, 1.82) is 10.5 Å². The highest BCUT2D eigenvalue weighted by molar-refractivity contribution is 6.34. The van der Waals surface area contributed by atoms with Crippen LogP contribution in [0.15, 0.2) is 66.7 Å². The maximum absolute atomic E-state index is 12.5. The van der Waals surface area contributed by atoms with E-state index in [1.54, 1.807) is 54.6 Å². The fraction of sp³-hybridized carbons (Fsp3) is 0. The molecule has 0 saturated carbocycles. The van der Waals surface area contributed by atoms with Crippen LogP contribution >= 0.6 is 0 Å². The summed E-state index contributed by atoms with van der Waals surface area (Å²) in [6.45, 7) is 0. The maximum Gasteiger partial charge on any atom is 0.266 e. The molecule has 0 radical (unpaired) electrons. The average molecular weight is 365 g/mol. The van der Waals surface area contributed by atoms with Crippen LogP contribution < -0.4 is 9.64 Å². The SMILES string of the molecule is N#Cc1ccc(Oc2ccc(N3C(=O)c4ccccc4C3=O)cc2)cc1C#N. The molecule has 0 fully saturated rings. The number of ether oxygens (including phenoxy) is 1. The number of anilines is 1. The molecular weight excluding hydrogens is 354 g/mol. The topological polar surface area (TPSA) is 94.2 Å². The highest BCUT2D eigenvalue weighted by Crippen LogP contribution is 2.31. The van der Waals surface area contributed by atoms with Crippen LogP contribution in [0.1, 0.15) is 31.8 Å². The molecular formula is C22H11N3O3. The molecule has 0 spiro atoms. The van der Waals surface area contributed by atoms with Gasteiger partial charge < -0.3 is 4.74 Å². The van der Waals surface area contributed by atoms with Crippen LogP contribution in [0.25, 0.3) is 0 Å². The lowest BCUT2D eigenvalue weighted by atomic mass is 10.1. The van der Waals surface area contributed by atoms with Crippen LogP contribution in [-0.2, 0) is 0 Å². The first kappa shape index (κ1) is 17.0. The molecule has 0 aliphatic carbocycles. The average Bonchev–Trinajstić information content (AvgIpc) is 2.99. The summed E-state index contributed by atoms with van der Waals surface area (Å²) in [5.41, 5.74) is 1.71. The van der Waals surface area contributed by atoms with E-state index in [9.17, 15) is 9.59 Å². The number of fused-ring (bicyclic) bond motifs is 1. The number of carbonyl (C=O) groups excluding carboxylic acids is 2. The number of hydrogen-bond donors (Lipinski definition) is 0. The van der Waals surface area contributed by atoms with Gasteiger partial charge in [0.15, 0.2) is 0 Å². The third-order valence-corrected chi connectivity index (χ3v) is 4.36. The van der Waals surface area contributed by atoms with Crippen molar-refractivity contribution in [3.63, 3.8) is 0 Å². The van der Waals surface area contributed by atoms with E-state index in [1.807, 2.05) is 12.1 Å². The molecule has 0 bridgehead atoms. The Kier molecular flexibility index (Phi) is 4.08. The zero-order chi connectivity index (χ0) is 19.7. The summed E-state index contributed by atoms with van der Waals surface area (Å²) in [6.07, 6.45) is 0. The molecule has 1 aliphatic heterocycles. The van der Waals surface area contributed by atoms with Gasteiger partial charge in [-0.15, -0.1) is 0 Å². The largest absolute Gasteiger partial charge is 0.457 e. The Morgan fingerprint density at radius 1 is 0.714 bits per heavy atom. The minimum atomic E-state index is -0.361. The summed E-state index contributed by atoms with van der Waals surface area (Å²) in [6, 6.07) is 21.7. The predicted octanol–water partition coefficient (Wildman–Crippen LogP) is 4.02. The number of nitriles is 2. The van der Waals surface area contributed by atoms with Gasteiger partial charge in [0.05, 0.1) is 27.9 Å². The van der Waals surface area contributed by atoms with Gasteiger partial charge in [-0.05, 0) is 54.6 Å². The summed E-state index contributed by atoms with van der Waals surface area (Å²) in [7, 11) is 0. The number of imide groups is 1. The van der Waals surface area contributed by atoms with Gasteiger partial charge in [0.25, 0.3) is 11.8 Å². The first-order valence-corrected chi connectivity index (χ1v) is 8.32. The lowest BCUT2D eigenvalue weighted by molar-refractivity contribution is 0.0926. The summed E-state index contributed by atoms with van der Waals surface area (Å²) in [5.74, 6) is 0.151. The molecule has 0 N–H and O–H groups in total. The third kappa shape index (κ3) is 2.76. The van der Waals surface area contributed by atoms with Gasteiger partial charge in [0.1, 0.15) is 23.6 Å². The quantitative estimate of drug-likeness (QED) is 0.653. The molecule has 0 atom stereocenters. The van der Waals surface area contributed by atoms with Gasteiger partial charge in [-0.25, -0.2) is 4.90 Å². The number of nitrogens with zero attached hydrogens (tertiary/aromatic N) is 3. The molecule has 3 aromatic rings. The summed E-state index contributed by atoms with van der Waals surface area (Å²) < 4.78 is 5.70. The number of benzene rings is 3. The fourth-order valence-corrected chi connectivity index (χ4v) is 3.00. The van der Waals surface area contributed by atoms with Crippen LogP contribution in [0.4, 0.5) is 5.69 Å². The van der Waals surface area contributed by atoms with E-state index >= 15 is 0 Å². The van der Waals surface area contributed by atoms with Gasteiger partial charge in [0, 0.05) is 0 Å². The van der Waals surface area contributed by atoms with E-state index in [0.29, 0.717) is 28.3 Å². The molecule has 0 saturated heterocycles. The Labute approximate surface area is 160 Å². The number of rotatable bonds is 3. The van der Waals surface area contributed by atoms with Crippen molar-refractivity contribution in [3.05, 3.63) is 89.0 Å². The molecule has 1 heterocycles. The Bertz CT molecular complexity index is 1170. The van der Waals surface area contributed by atoms with Gasteiger partial charge in [-0.3, -0.25) is 9.59 Å². The molecule has 6 nitrogen and oxygen atoms in total. The molecule has 132 valence electrons. The van der Waals surface area contributed by atoms with E-state index < -0.39 is 0 Å². The Hall–Kier alpha value is -4.42. The fourth-order valence-electron chi connectivity index (χ4n) is 3.00. The van der Waals surface area contributed by atoms with Gasteiger partial charge in [0.2, 0.25) is 0 Å². The van der Waals surface area contributed by atoms with Gasteiger partial charge in [-0.2, -0.15) is 10.5 Å². The highest BCUT2D eigenvalue weighted by Gasteiger charge is 2.36. The Balaban J connectivity index is 1.58. The number of carbonyl (C=O) groups is 2. The van der Waals surface area contributed by atoms with E-state index in [2.05, 4.69) is 0 Å². The summed E-state index contributed by atoms with van der Waals surface area (Å²) in [4.78, 5) is 26.2. The second-order valence-electron chi connectivity index (χ2n) is 6.02. The maximum atomic E-state index is 12.5. The summed E-state index contributed by atoms with van der Waals surface area (Å²) in [5, 5.41) is 18.1. The smallest absolute Gasteiger partial charge is 0.266 e. The predicted molar refractivity (Wildman–Crippen MR) is 100.0 cm³/mol. The lowest BCUT2D eigenvalue weighted by Crippen LogP contribution is -2.29. The Morgan fingerprint density at radius 2 is 1.29 bits per heavy atom. The van der Waals surface area contributed by atoms with Crippen molar-refractivity contribution in [2.24, 2.45) is 0 Å². The first-order valence-electron chi connectivity index (χ1n) is 8.32. The van der Waals surface area contributed by atoms with Gasteiger partial charge >= 0.3 is 0 Å². The molecule has 0 unspecified atom stereocenters. The lowest BCUT2D eigenvalue weighted by Gasteiger charge is -2.14. The van der Waals surface area contributed by atoms with E-state index in [-0.39, 0.29) is 22.9 Å². The van der Waals surface area contributed by atoms with E-state index in [0.717, 1.165) is 4.90 Å². The molecule has 0 aromatic heterocycles. The Morgan fingerprint density at radius 3 is 1.86 bits per heavy atom. The molecule has 2 amide bonds. The molecule has 28 heavy (non-hydrogen) atoms. The zero-order valence-electron chi connectivity index (χ0n) is 14.4. The standard InChI is InChI=1S/C22H11N3O3/c23-12-14-5-8-18(11-15(14)13-24)28-17-9-6-16(7-10-17)25-21(26)19-3-1-2-4-20(19)22(25)27/h1-11H. The monoisotopic (exact) mass is 365 g/mol. The minimum Gasteiger partial charge on any atom is -0.457 e. The van der Waals surface area contributed by atoms with Crippen LogP contribution in [0.5, 0.6) is 11.5 Å². The first-order chi connectivity index (χ1) is 13.6. The van der Waals surface area contributed by atoms with Crippen LogP contribution in [0.3, 0.4) is 0 Å². The normalized spacial score (nSPS) is 12.3. The van der Waals surface area contributed by atoms with Crippen molar-refractivity contribution in [1.82, 2.24) is 0 Å². The molecule has 4 rings (SSSR count). The molecule has 3 aromatic carbocycles. The second-order valence-corrected chi connectivity index (χ2v) is 6.02. The van der Waals surface area contributed by atoms with Crippen molar-refractivity contribution in [2.45, 2.75) is 0 Å². The van der Waals surface area contributed by atoms with E-state index in [4.69, 9.17) is 15.3 Å². The second kappa shape index (κ2) is 6.71. The van der Waals surface area contributed by atoms with Crippen LogP contribution in [-0.4, -0.2) is 11.8 Å². The summed E-state index contributed by atoms with van der Waals surface area (Å²) >= 11 is 0. The van der Waals surface area contributed by atoms with Crippen molar-refractivity contribution >= 4 is 17.5 Å². The highest BCUT2D eigenvalue weighted by atomic mass is 16.5. The zero-order valence-corrected chi connectivity index (χ0v) is 14.4. The van der Waals surface area contributed by atoms with Crippen LogP contribution in [0.2, 0.25) is 0 Å². The molecule has 1 aliphatic rings. The van der Waals surface area contributed by atoms with Crippen LogP contribution in [0, 0.1) is 22.7 Å². The van der Waals surface area contributed by atoms with E-state index in [1.165, 1.54) is 12.1 Å². The molecule has 6 heteroatoms. The number of amides is 2. The van der Waals surface area contributed by atoms with Gasteiger partial charge in [-0.1, -0.05) is 12.1 Å².